The number of rotatable bonds is 5. The van der Waals surface area contributed by atoms with Crippen molar-refractivity contribution in [2.45, 2.75) is 26.5 Å². The minimum Gasteiger partial charge on any atom is -0.473 e. The molecule has 0 atom stereocenters. The largest absolute Gasteiger partial charge is 0.473 e. The molecular weight excluding hydrogens is 230 g/mol. The summed E-state index contributed by atoms with van der Waals surface area (Å²) in [7, 11) is 0. The van der Waals surface area contributed by atoms with Crippen LogP contribution >= 0.6 is 0 Å². The van der Waals surface area contributed by atoms with E-state index in [0.29, 0.717) is 18.1 Å². The lowest BCUT2D eigenvalue weighted by atomic mass is 10.3. The fraction of sp³-hybridized carbons (Fsp3) is 0.333. The molecule has 18 heavy (non-hydrogen) atoms. The zero-order valence-electron chi connectivity index (χ0n) is 10.5. The van der Waals surface area contributed by atoms with Crippen LogP contribution in [0.4, 0.5) is 11.5 Å². The van der Waals surface area contributed by atoms with Gasteiger partial charge in [0.15, 0.2) is 0 Å². The third-order valence-electron chi connectivity index (χ3n) is 2.25. The highest BCUT2D eigenvalue weighted by Gasteiger charge is 2.06. The van der Waals surface area contributed by atoms with E-state index >= 15 is 0 Å². The van der Waals surface area contributed by atoms with Crippen molar-refractivity contribution in [2.24, 2.45) is 0 Å². The van der Waals surface area contributed by atoms with Crippen molar-refractivity contribution in [1.82, 2.24) is 15.0 Å². The lowest BCUT2D eigenvalue weighted by Crippen LogP contribution is -2.10. The van der Waals surface area contributed by atoms with E-state index in [1.807, 2.05) is 19.9 Å². The summed E-state index contributed by atoms with van der Waals surface area (Å²) in [6.45, 7) is 4.50. The van der Waals surface area contributed by atoms with Crippen LogP contribution < -0.4 is 15.8 Å². The molecule has 2 aromatic rings. The Morgan fingerprint density at radius 3 is 2.94 bits per heavy atom. The van der Waals surface area contributed by atoms with Gasteiger partial charge < -0.3 is 20.8 Å². The molecule has 0 unspecified atom stereocenters. The van der Waals surface area contributed by atoms with Crippen LogP contribution in [0.3, 0.4) is 0 Å². The number of ether oxygens (including phenoxy) is 1. The fourth-order valence-electron chi connectivity index (χ4n) is 1.43. The van der Waals surface area contributed by atoms with Crippen LogP contribution in [0.25, 0.3) is 0 Å². The van der Waals surface area contributed by atoms with Crippen molar-refractivity contribution >= 4 is 11.5 Å². The highest BCUT2D eigenvalue weighted by Crippen LogP contribution is 2.22. The molecule has 0 aliphatic heterocycles. The van der Waals surface area contributed by atoms with Crippen molar-refractivity contribution < 1.29 is 4.74 Å². The zero-order valence-corrected chi connectivity index (χ0v) is 10.5. The second-order valence-electron chi connectivity index (χ2n) is 4.19. The number of nitrogen functional groups attached to an aromatic ring is 1. The number of hydrogen-bond donors (Lipinski definition) is 3. The highest BCUT2D eigenvalue weighted by atomic mass is 16.5. The first-order valence-electron chi connectivity index (χ1n) is 5.79. The Labute approximate surface area is 106 Å². The van der Waals surface area contributed by atoms with Gasteiger partial charge in [-0.05, 0) is 26.0 Å². The van der Waals surface area contributed by atoms with Gasteiger partial charge in [-0.25, -0.2) is 4.98 Å². The number of aromatic amines is 1. The molecule has 4 N–H and O–H groups in total. The van der Waals surface area contributed by atoms with Crippen molar-refractivity contribution in [2.75, 3.05) is 11.1 Å². The van der Waals surface area contributed by atoms with E-state index in [2.05, 4.69) is 20.3 Å². The van der Waals surface area contributed by atoms with Crippen molar-refractivity contribution in [3.63, 3.8) is 0 Å². The van der Waals surface area contributed by atoms with Crippen LogP contribution in [-0.2, 0) is 6.54 Å². The maximum absolute atomic E-state index is 5.80. The number of hydrogen-bond acceptors (Lipinski definition) is 5. The van der Waals surface area contributed by atoms with Gasteiger partial charge in [-0.3, -0.25) is 0 Å². The molecule has 6 heteroatoms. The summed E-state index contributed by atoms with van der Waals surface area (Å²) < 4.78 is 5.53. The third-order valence-corrected chi connectivity index (χ3v) is 2.25. The number of nitrogens with zero attached hydrogens (tertiary/aromatic N) is 2. The van der Waals surface area contributed by atoms with Gasteiger partial charge in [0.1, 0.15) is 5.82 Å². The summed E-state index contributed by atoms with van der Waals surface area (Å²) in [4.78, 5) is 11.3. The lowest BCUT2D eigenvalue weighted by molar-refractivity contribution is 0.234. The summed E-state index contributed by atoms with van der Waals surface area (Å²) in [6.07, 6.45) is 3.44. The summed E-state index contributed by atoms with van der Waals surface area (Å²) >= 11 is 0. The smallest absolute Gasteiger partial charge is 0.239 e. The first-order valence-corrected chi connectivity index (χ1v) is 5.79. The molecular formula is C12H17N5O. The topological polar surface area (TPSA) is 88.8 Å². The van der Waals surface area contributed by atoms with Crippen molar-refractivity contribution in [1.29, 1.82) is 0 Å². The molecule has 0 aromatic carbocycles. The van der Waals surface area contributed by atoms with Gasteiger partial charge in [0.2, 0.25) is 5.88 Å². The van der Waals surface area contributed by atoms with Crippen LogP contribution in [0.15, 0.2) is 24.7 Å². The summed E-state index contributed by atoms with van der Waals surface area (Å²) in [6, 6.07) is 3.60. The van der Waals surface area contributed by atoms with E-state index in [1.165, 1.54) is 0 Å². The third kappa shape index (κ3) is 3.13. The summed E-state index contributed by atoms with van der Waals surface area (Å²) in [5.74, 6) is 1.18. The zero-order chi connectivity index (χ0) is 13.0. The number of aromatic nitrogens is 3. The molecule has 0 saturated heterocycles. The SMILES string of the molecule is CC(C)Oc1nc(NCc2cnc[nH]2)ccc1N. The Kier molecular flexibility index (Phi) is 3.66. The monoisotopic (exact) mass is 247 g/mol. The van der Waals surface area contributed by atoms with Gasteiger partial charge in [0, 0.05) is 6.20 Å². The Hall–Kier alpha value is -2.24. The molecule has 0 aliphatic carbocycles. The number of pyridine rings is 1. The molecule has 0 spiro atoms. The second-order valence-corrected chi connectivity index (χ2v) is 4.19. The quantitative estimate of drug-likeness (QED) is 0.749. The number of H-pyrrole nitrogens is 1. The molecule has 6 nitrogen and oxygen atoms in total. The van der Waals surface area contributed by atoms with Gasteiger partial charge >= 0.3 is 0 Å². The van der Waals surface area contributed by atoms with Crippen LogP contribution in [0.1, 0.15) is 19.5 Å². The maximum atomic E-state index is 5.80. The van der Waals surface area contributed by atoms with E-state index in [9.17, 15) is 0 Å². The summed E-state index contributed by atoms with van der Waals surface area (Å²) in [5.41, 5.74) is 7.32. The van der Waals surface area contributed by atoms with Gasteiger partial charge in [-0.2, -0.15) is 4.98 Å². The fourth-order valence-corrected chi connectivity index (χ4v) is 1.43. The van der Waals surface area contributed by atoms with Gasteiger partial charge in [0.25, 0.3) is 0 Å². The first-order chi connectivity index (χ1) is 8.65. The van der Waals surface area contributed by atoms with E-state index in [0.717, 1.165) is 11.5 Å². The highest BCUT2D eigenvalue weighted by molar-refractivity contribution is 5.53. The average Bonchev–Trinajstić information content (AvgIpc) is 2.82. The second kappa shape index (κ2) is 5.39. The van der Waals surface area contributed by atoms with Crippen LogP contribution in [0, 0.1) is 0 Å². The van der Waals surface area contributed by atoms with E-state index < -0.39 is 0 Å². The van der Waals surface area contributed by atoms with Crippen LogP contribution in [-0.4, -0.2) is 21.1 Å². The molecule has 0 bridgehead atoms. The molecule has 0 saturated carbocycles. The Morgan fingerprint density at radius 2 is 2.28 bits per heavy atom. The normalized spacial score (nSPS) is 10.6. The van der Waals surface area contributed by atoms with Crippen molar-refractivity contribution in [3.8, 4) is 5.88 Å². The molecule has 0 amide bonds. The Morgan fingerprint density at radius 1 is 1.44 bits per heavy atom. The molecule has 2 aromatic heterocycles. The summed E-state index contributed by atoms with van der Waals surface area (Å²) in [5, 5.41) is 3.17. The molecule has 0 radical (unpaired) electrons. The first kappa shape index (κ1) is 12.2. The van der Waals surface area contributed by atoms with Gasteiger partial charge in [-0.1, -0.05) is 0 Å². The Bertz CT molecular complexity index is 495. The maximum Gasteiger partial charge on any atom is 0.239 e. The number of nitrogens with one attached hydrogen (secondary N) is 2. The minimum absolute atomic E-state index is 0.0441. The van der Waals surface area contributed by atoms with E-state index in [4.69, 9.17) is 10.5 Å². The van der Waals surface area contributed by atoms with Crippen molar-refractivity contribution in [3.05, 3.63) is 30.4 Å². The predicted molar refractivity (Wildman–Crippen MR) is 70.3 cm³/mol. The average molecular weight is 247 g/mol. The van der Waals surface area contributed by atoms with Crippen LogP contribution in [0.5, 0.6) is 5.88 Å². The molecule has 2 heterocycles. The standard InChI is InChI=1S/C12H17N5O/c1-8(2)18-12-10(13)3-4-11(17-12)15-6-9-5-14-7-16-9/h3-5,7-8H,6,13H2,1-2H3,(H,14,16)(H,15,17). The van der Waals surface area contributed by atoms with Gasteiger partial charge in [0.05, 0.1) is 30.4 Å². The number of imidazole rings is 1. The van der Waals surface area contributed by atoms with E-state index in [-0.39, 0.29) is 6.10 Å². The lowest BCUT2D eigenvalue weighted by Gasteiger charge is -2.12. The van der Waals surface area contributed by atoms with E-state index in [1.54, 1.807) is 18.6 Å². The number of nitrogens with two attached hydrogens (primary N) is 1. The minimum atomic E-state index is 0.0441. The Balaban J connectivity index is 2.04. The molecule has 0 fully saturated rings. The van der Waals surface area contributed by atoms with Crippen LogP contribution in [0.2, 0.25) is 0 Å². The molecule has 96 valence electrons. The predicted octanol–water partition coefficient (Wildman–Crippen LogP) is 1.79. The molecule has 0 aliphatic rings. The number of anilines is 2. The molecule has 2 rings (SSSR count). The van der Waals surface area contributed by atoms with Gasteiger partial charge in [-0.15, -0.1) is 0 Å².